The molecule has 1 atom stereocenters. The highest BCUT2D eigenvalue weighted by atomic mass is 35.5. The molecule has 1 heterocycles. The number of alkyl halides is 1. The predicted molar refractivity (Wildman–Crippen MR) is 89.9 cm³/mol. The molecule has 0 amide bonds. The van der Waals surface area contributed by atoms with E-state index in [2.05, 4.69) is 51.7 Å². The second kappa shape index (κ2) is 8.51. The van der Waals surface area contributed by atoms with Crippen molar-refractivity contribution >= 4 is 17.4 Å². The molecular formula is C17H29ClN2. The molecule has 3 heteroatoms. The summed E-state index contributed by atoms with van der Waals surface area (Å²) >= 11 is 6.05. The van der Waals surface area contributed by atoms with Gasteiger partial charge in [-0.05, 0) is 43.4 Å². The van der Waals surface area contributed by atoms with Crippen LogP contribution in [0.3, 0.4) is 0 Å². The van der Waals surface area contributed by atoms with Crippen LogP contribution in [0.1, 0.15) is 71.1 Å². The zero-order chi connectivity index (χ0) is 15.1. The monoisotopic (exact) mass is 296 g/mol. The largest absolute Gasteiger partial charge is 0.354 e. The fourth-order valence-corrected chi connectivity index (χ4v) is 2.38. The third-order valence-electron chi connectivity index (χ3n) is 3.81. The van der Waals surface area contributed by atoms with Crippen LogP contribution in [0.2, 0.25) is 0 Å². The molecule has 0 saturated carbocycles. The van der Waals surface area contributed by atoms with Crippen molar-refractivity contribution in [2.75, 3.05) is 11.4 Å². The van der Waals surface area contributed by atoms with E-state index < -0.39 is 0 Å². The Morgan fingerprint density at radius 1 is 1.20 bits per heavy atom. The molecule has 0 aliphatic carbocycles. The maximum Gasteiger partial charge on any atom is 0.129 e. The van der Waals surface area contributed by atoms with E-state index >= 15 is 0 Å². The number of halogens is 1. The lowest BCUT2D eigenvalue weighted by molar-refractivity contribution is 0.587. The minimum absolute atomic E-state index is 0.432. The summed E-state index contributed by atoms with van der Waals surface area (Å²) in [5, 5.41) is 0. The molecule has 0 aliphatic rings. The number of hydrogen-bond donors (Lipinski definition) is 0. The topological polar surface area (TPSA) is 16.1 Å². The summed E-state index contributed by atoms with van der Waals surface area (Å²) in [6.07, 6.45) is 3.54. The van der Waals surface area contributed by atoms with Gasteiger partial charge in [-0.1, -0.05) is 34.1 Å². The van der Waals surface area contributed by atoms with Crippen molar-refractivity contribution in [2.24, 2.45) is 0 Å². The van der Waals surface area contributed by atoms with Crippen molar-refractivity contribution in [1.29, 1.82) is 0 Å². The van der Waals surface area contributed by atoms with Crippen molar-refractivity contribution in [3.05, 3.63) is 23.4 Å². The van der Waals surface area contributed by atoms with E-state index in [4.69, 9.17) is 16.6 Å². The molecule has 1 unspecified atom stereocenters. The molecule has 0 bridgehead atoms. The third-order valence-corrected chi connectivity index (χ3v) is 4.12. The molecule has 1 rings (SSSR count). The predicted octanol–water partition coefficient (Wildman–Crippen LogP) is 5.35. The summed E-state index contributed by atoms with van der Waals surface area (Å²) in [6.45, 7) is 12.2. The number of unbranched alkanes of at least 4 members (excludes halogenated alkanes) is 1. The van der Waals surface area contributed by atoms with Crippen molar-refractivity contribution in [1.82, 2.24) is 4.98 Å². The minimum atomic E-state index is 0.432. The minimum Gasteiger partial charge on any atom is -0.354 e. The van der Waals surface area contributed by atoms with Crippen molar-refractivity contribution in [2.45, 2.75) is 71.7 Å². The number of anilines is 1. The number of pyridine rings is 1. The fraction of sp³-hybridized carbons (Fsp3) is 0.706. The van der Waals surface area contributed by atoms with Gasteiger partial charge in [0.1, 0.15) is 5.82 Å². The van der Waals surface area contributed by atoms with Gasteiger partial charge in [0.2, 0.25) is 0 Å². The normalized spacial score (nSPS) is 12.8. The Kier molecular flexibility index (Phi) is 7.36. The fourth-order valence-electron chi connectivity index (χ4n) is 2.22. The first-order valence-electron chi connectivity index (χ1n) is 7.86. The molecular weight excluding hydrogens is 268 g/mol. The third kappa shape index (κ3) is 4.66. The molecule has 0 aromatic carbocycles. The van der Waals surface area contributed by atoms with Crippen LogP contribution in [0.25, 0.3) is 0 Å². The van der Waals surface area contributed by atoms with E-state index in [0.717, 1.165) is 24.5 Å². The highest BCUT2D eigenvalue weighted by Crippen LogP contribution is 2.24. The van der Waals surface area contributed by atoms with Crippen LogP contribution in [0, 0.1) is 0 Å². The van der Waals surface area contributed by atoms with Crippen LogP contribution < -0.4 is 4.90 Å². The first-order valence-corrected chi connectivity index (χ1v) is 8.40. The Labute approximate surface area is 129 Å². The zero-order valence-corrected chi connectivity index (χ0v) is 14.4. The molecule has 0 spiro atoms. The average molecular weight is 297 g/mol. The molecule has 0 aliphatic heterocycles. The van der Waals surface area contributed by atoms with Crippen LogP contribution in [-0.4, -0.2) is 17.6 Å². The van der Waals surface area contributed by atoms with Crippen LogP contribution >= 0.6 is 11.6 Å². The Balaban J connectivity index is 3.13. The maximum absolute atomic E-state index is 6.05. The van der Waals surface area contributed by atoms with Gasteiger partial charge < -0.3 is 4.90 Å². The molecule has 0 saturated heterocycles. The Hall–Kier alpha value is -0.760. The zero-order valence-electron chi connectivity index (χ0n) is 13.6. The molecule has 0 radical (unpaired) electrons. The second-order valence-corrected chi connectivity index (χ2v) is 6.12. The van der Waals surface area contributed by atoms with Gasteiger partial charge in [0, 0.05) is 24.2 Å². The number of nitrogens with zero attached hydrogens (tertiary/aromatic N) is 2. The highest BCUT2D eigenvalue weighted by Gasteiger charge is 2.16. The Morgan fingerprint density at radius 3 is 2.40 bits per heavy atom. The summed E-state index contributed by atoms with van der Waals surface area (Å²) in [5.41, 5.74) is 2.31. The average Bonchev–Trinajstić information content (AvgIpc) is 2.46. The number of rotatable bonds is 8. The second-order valence-electron chi connectivity index (χ2n) is 5.85. The standard InChI is InChI=1S/C17H29ClN2/c1-6-8-9-20(14(5)7-2)17-11-15(12-18)10-16(19-17)13(3)4/h10-11,13-14H,6-9,12H2,1-5H3. The van der Waals surface area contributed by atoms with Gasteiger partial charge >= 0.3 is 0 Å². The van der Waals surface area contributed by atoms with Gasteiger partial charge in [0.05, 0.1) is 0 Å². The van der Waals surface area contributed by atoms with Gasteiger partial charge in [-0.25, -0.2) is 4.98 Å². The Bertz CT molecular complexity index is 404. The molecule has 20 heavy (non-hydrogen) atoms. The number of aromatic nitrogens is 1. The summed E-state index contributed by atoms with van der Waals surface area (Å²) in [6, 6.07) is 4.80. The molecule has 0 fully saturated rings. The van der Waals surface area contributed by atoms with E-state index in [1.807, 2.05) is 0 Å². The van der Waals surface area contributed by atoms with E-state index in [-0.39, 0.29) is 0 Å². The highest BCUT2D eigenvalue weighted by molar-refractivity contribution is 6.17. The SMILES string of the molecule is CCCCN(c1cc(CCl)cc(C(C)C)n1)C(C)CC. The van der Waals surface area contributed by atoms with Gasteiger partial charge in [-0.15, -0.1) is 11.6 Å². The van der Waals surface area contributed by atoms with Crippen LogP contribution in [0.15, 0.2) is 12.1 Å². The first kappa shape index (κ1) is 17.3. The van der Waals surface area contributed by atoms with E-state index in [1.165, 1.54) is 18.4 Å². The molecule has 1 aromatic heterocycles. The van der Waals surface area contributed by atoms with Crippen molar-refractivity contribution < 1.29 is 0 Å². The summed E-state index contributed by atoms with van der Waals surface area (Å²) in [4.78, 5) is 7.31. The number of hydrogen-bond acceptors (Lipinski definition) is 2. The van der Waals surface area contributed by atoms with Crippen LogP contribution in [0.4, 0.5) is 5.82 Å². The summed E-state index contributed by atoms with van der Waals surface area (Å²) in [5.74, 6) is 2.08. The summed E-state index contributed by atoms with van der Waals surface area (Å²) < 4.78 is 0. The van der Waals surface area contributed by atoms with Crippen molar-refractivity contribution in [3.8, 4) is 0 Å². The molecule has 114 valence electrons. The first-order chi connectivity index (χ1) is 9.53. The van der Waals surface area contributed by atoms with Gasteiger partial charge in [-0.2, -0.15) is 0 Å². The van der Waals surface area contributed by atoms with E-state index in [0.29, 0.717) is 17.8 Å². The van der Waals surface area contributed by atoms with Crippen LogP contribution in [-0.2, 0) is 5.88 Å². The van der Waals surface area contributed by atoms with Crippen LogP contribution in [0.5, 0.6) is 0 Å². The van der Waals surface area contributed by atoms with Gasteiger partial charge in [-0.3, -0.25) is 0 Å². The van der Waals surface area contributed by atoms with Gasteiger partial charge in [0.15, 0.2) is 0 Å². The Morgan fingerprint density at radius 2 is 1.90 bits per heavy atom. The van der Waals surface area contributed by atoms with Crippen molar-refractivity contribution in [3.63, 3.8) is 0 Å². The van der Waals surface area contributed by atoms with E-state index in [1.54, 1.807) is 0 Å². The lowest BCUT2D eigenvalue weighted by Crippen LogP contribution is -2.34. The summed E-state index contributed by atoms with van der Waals surface area (Å²) in [7, 11) is 0. The smallest absolute Gasteiger partial charge is 0.129 e. The maximum atomic E-state index is 6.05. The lowest BCUT2D eigenvalue weighted by Gasteiger charge is -2.30. The van der Waals surface area contributed by atoms with Gasteiger partial charge in [0.25, 0.3) is 0 Å². The van der Waals surface area contributed by atoms with E-state index in [9.17, 15) is 0 Å². The lowest BCUT2D eigenvalue weighted by atomic mass is 10.1. The quantitative estimate of drug-likeness (QED) is 0.601. The molecule has 2 nitrogen and oxygen atoms in total. The molecule has 0 N–H and O–H groups in total. The molecule has 1 aromatic rings.